The van der Waals surface area contributed by atoms with Gasteiger partial charge in [0.05, 0.1) is 18.8 Å². The second-order valence-electron chi connectivity index (χ2n) is 7.03. The number of aliphatic hydroxyl groups is 2. The normalized spacial score (nSPS) is 30.4. The summed E-state index contributed by atoms with van der Waals surface area (Å²) in [6.07, 6.45) is 2.20. The van der Waals surface area contributed by atoms with E-state index in [-0.39, 0.29) is 0 Å². The standard InChI is InChI=1S/C18H28N2O3/c1-18(22)9-12-20(13-17(18)21)15-7-10-19(11-8-15)14-3-5-16(23-2)6-4-14/h3-6,15,17,21-22H,7-13H2,1-2H3/t17-,18-/m0/s1. The van der Waals surface area contributed by atoms with Crippen molar-refractivity contribution in [3.63, 3.8) is 0 Å². The number of hydrogen-bond acceptors (Lipinski definition) is 5. The number of methoxy groups -OCH3 is 1. The zero-order valence-electron chi connectivity index (χ0n) is 14.1. The van der Waals surface area contributed by atoms with Gasteiger partial charge in [0, 0.05) is 37.9 Å². The molecule has 0 unspecified atom stereocenters. The van der Waals surface area contributed by atoms with E-state index in [2.05, 4.69) is 21.9 Å². The lowest BCUT2D eigenvalue weighted by Crippen LogP contribution is -2.57. The summed E-state index contributed by atoms with van der Waals surface area (Å²) in [6, 6.07) is 8.74. The molecule has 5 nitrogen and oxygen atoms in total. The molecule has 0 radical (unpaired) electrons. The van der Waals surface area contributed by atoms with Crippen LogP contribution in [0.5, 0.6) is 5.75 Å². The topological polar surface area (TPSA) is 56.2 Å². The van der Waals surface area contributed by atoms with E-state index in [1.807, 2.05) is 12.1 Å². The molecule has 0 spiro atoms. The molecule has 3 rings (SSSR count). The first kappa shape index (κ1) is 16.6. The summed E-state index contributed by atoms with van der Waals surface area (Å²) in [7, 11) is 1.69. The first-order valence-corrected chi connectivity index (χ1v) is 8.53. The van der Waals surface area contributed by atoms with Crippen LogP contribution in [0.3, 0.4) is 0 Å². The molecule has 0 aliphatic carbocycles. The average molecular weight is 320 g/mol. The Kier molecular flexibility index (Phi) is 4.80. The Morgan fingerprint density at radius 1 is 1.13 bits per heavy atom. The molecule has 23 heavy (non-hydrogen) atoms. The predicted molar refractivity (Wildman–Crippen MR) is 91.0 cm³/mol. The van der Waals surface area contributed by atoms with Crippen molar-refractivity contribution in [3.8, 4) is 5.75 Å². The molecule has 1 aromatic carbocycles. The first-order valence-electron chi connectivity index (χ1n) is 8.53. The number of likely N-dealkylation sites (tertiary alicyclic amines) is 1. The second kappa shape index (κ2) is 6.67. The van der Waals surface area contributed by atoms with Gasteiger partial charge in [0.2, 0.25) is 0 Å². The highest BCUT2D eigenvalue weighted by Gasteiger charge is 2.38. The van der Waals surface area contributed by atoms with Gasteiger partial charge in [0.1, 0.15) is 5.75 Å². The number of anilines is 1. The summed E-state index contributed by atoms with van der Waals surface area (Å²) in [6.45, 7) is 5.25. The van der Waals surface area contributed by atoms with Gasteiger partial charge in [0.15, 0.2) is 0 Å². The fourth-order valence-electron chi connectivity index (χ4n) is 3.66. The van der Waals surface area contributed by atoms with Crippen LogP contribution in [0.4, 0.5) is 5.69 Å². The summed E-state index contributed by atoms with van der Waals surface area (Å²) in [5, 5.41) is 20.2. The average Bonchev–Trinajstić information content (AvgIpc) is 2.58. The lowest BCUT2D eigenvalue weighted by atomic mass is 9.88. The molecule has 0 amide bonds. The number of β-amino-alcohol motifs (C(OH)–C–C–N with tert-alkyl or cyclic N) is 1. The van der Waals surface area contributed by atoms with Crippen molar-refractivity contribution in [1.82, 2.24) is 4.90 Å². The van der Waals surface area contributed by atoms with Crippen LogP contribution >= 0.6 is 0 Å². The van der Waals surface area contributed by atoms with Crippen LogP contribution in [0.2, 0.25) is 0 Å². The minimum atomic E-state index is -0.930. The van der Waals surface area contributed by atoms with Gasteiger partial charge < -0.3 is 19.8 Å². The van der Waals surface area contributed by atoms with Crippen LogP contribution in [0.1, 0.15) is 26.2 Å². The Morgan fingerprint density at radius 2 is 1.78 bits per heavy atom. The van der Waals surface area contributed by atoms with Crippen molar-refractivity contribution in [2.24, 2.45) is 0 Å². The highest BCUT2D eigenvalue weighted by atomic mass is 16.5. The van der Waals surface area contributed by atoms with Crippen LogP contribution in [0, 0.1) is 0 Å². The molecular formula is C18H28N2O3. The summed E-state index contributed by atoms with van der Waals surface area (Å²) in [4.78, 5) is 4.76. The lowest BCUT2D eigenvalue weighted by molar-refractivity contribution is -0.115. The zero-order chi connectivity index (χ0) is 16.4. The van der Waals surface area contributed by atoms with Gasteiger partial charge in [-0.3, -0.25) is 4.90 Å². The molecule has 2 heterocycles. The smallest absolute Gasteiger partial charge is 0.119 e. The number of nitrogens with zero attached hydrogens (tertiary/aromatic N) is 2. The Labute approximate surface area is 138 Å². The van der Waals surface area contributed by atoms with Crippen molar-refractivity contribution in [2.45, 2.75) is 43.9 Å². The number of ether oxygens (including phenoxy) is 1. The van der Waals surface area contributed by atoms with Gasteiger partial charge in [0.25, 0.3) is 0 Å². The third-order valence-electron chi connectivity index (χ3n) is 5.45. The Hall–Kier alpha value is -1.30. The number of rotatable bonds is 3. The van der Waals surface area contributed by atoms with E-state index in [0.717, 1.165) is 38.2 Å². The molecule has 2 N–H and O–H groups in total. The van der Waals surface area contributed by atoms with Crippen molar-refractivity contribution in [2.75, 3.05) is 38.2 Å². The van der Waals surface area contributed by atoms with Gasteiger partial charge in [-0.15, -0.1) is 0 Å². The zero-order valence-corrected chi connectivity index (χ0v) is 14.1. The molecule has 128 valence electrons. The minimum absolute atomic E-state index is 0.509. The molecule has 0 saturated carbocycles. The molecule has 5 heteroatoms. The van der Waals surface area contributed by atoms with E-state index in [9.17, 15) is 10.2 Å². The SMILES string of the molecule is COc1ccc(N2CCC(N3CC[C@](C)(O)[C@@H](O)C3)CC2)cc1. The van der Waals surface area contributed by atoms with Crippen LogP contribution in [0.15, 0.2) is 24.3 Å². The molecule has 1 aromatic rings. The van der Waals surface area contributed by atoms with E-state index >= 15 is 0 Å². The molecule has 0 bridgehead atoms. The maximum Gasteiger partial charge on any atom is 0.119 e. The molecular weight excluding hydrogens is 292 g/mol. The van der Waals surface area contributed by atoms with E-state index in [0.29, 0.717) is 19.0 Å². The Morgan fingerprint density at radius 3 is 2.35 bits per heavy atom. The van der Waals surface area contributed by atoms with Crippen molar-refractivity contribution >= 4 is 5.69 Å². The molecule has 2 atom stereocenters. The van der Waals surface area contributed by atoms with E-state index in [1.165, 1.54) is 5.69 Å². The third kappa shape index (κ3) is 3.62. The van der Waals surface area contributed by atoms with Gasteiger partial charge >= 0.3 is 0 Å². The fraction of sp³-hybridized carbons (Fsp3) is 0.667. The van der Waals surface area contributed by atoms with Gasteiger partial charge in [-0.05, 0) is 50.5 Å². The molecule has 2 fully saturated rings. The highest BCUT2D eigenvalue weighted by Crippen LogP contribution is 2.28. The van der Waals surface area contributed by atoms with Crippen LogP contribution in [-0.2, 0) is 0 Å². The predicted octanol–water partition coefficient (Wildman–Crippen LogP) is 1.48. The van der Waals surface area contributed by atoms with Crippen LogP contribution < -0.4 is 9.64 Å². The lowest BCUT2D eigenvalue weighted by Gasteiger charge is -2.46. The summed E-state index contributed by atoms with van der Waals surface area (Å²) in [5.41, 5.74) is 0.311. The Balaban J connectivity index is 1.54. The summed E-state index contributed by atoms with van der Waals surface area (Å²) in [5.74, 6) is 0.887. The van der Waals surface area contributed by atoms with Crippen LogP contribution in [0.25, 0.3) is 0 Å². The molecule has 0 aromatic heterocycles. The van der Waals surface area contributed by atoms with Gasteiger partial charge in [-0.1, -0.05) is 0 Å². The summed E-state index contributed by atoms with van der Waals surface area (Å²) >= 11 is 0. The number of benzene rings is 1. The first-order chi connectivity index (χ1) is 11.0. The number of hydrogen-bond donors (Lipinski definition) is 2. The van der Waals surface area contributed by atoms with Gasteiger partial charge in [-0.2, -0.15) is 0 Å². The largest absolute Gasteiger partial charge is 0.497 e. The van der Waals surface area contributed by atoms with Crippen molar-refractivity contribution < 1.29 is 14.9 Å². The second-order valence-corrected chi connectivity index (χ2v) is 7.03. The van der Waals surface area contributed by atoms with Crippen LogP contribution in [-0.4, -0.2) is 66.1 Å². The van der Waals surface area contributed by atoms with Crippen molar-refractivity contribution in [1.29, 1.82) is 0 Å². The maximum absolute atomic E-state index is 10.1. The Bertz CT molecular complexity index is 510. The van der Waals surface area contributed by atoms with E-state index in [4.69, 9.17) is 4.74 Å². The van der Waals surface area contributed by atoms with E-state index in [1.54, 1.807) is 14.0 Å². The van der Waals surface area contributed by atoms with E-state index < -0.39 is 11.7 Å². The number of aliphatic hydroxyl groups excluding tert-OH is 1. The molecule has 2 aliphatic rings. The minimum Gasteiger partial charge on any atom is -0.497 e. The monoisotopic (exact) mass is 320 g/mol. The fourth-order valence-corrected chi connectivity index (χ4v) is 3.66. The molecule has 2 aliphatic heterocycles. The maximum atomic E-state index is 10.1. The van der Waals surface area contributed by atoms with Crippen molar-refractivity contribution in [3.05, 3.63) is 24.3 Å². The third-order valence-corrected chi connectivity index (χ3v) is 5.45. The highest BCUT2D eigenvalue weighted by molar-refractivity contribution is 5.49. The molecule has 2 saturated heterocycles. The number of piperidine rings is 2. The van der Waals surface area contributed by atoms with Gasteiger partial charge in [-0.25, -0.2) is 0 Å². The summed E-state index contributed by atoms with van der Waals surface area (Å²) < 4.78 is 5.21. The quantitative estimate of drug-likeness (QED) is 0.883.